The van der Waals surface area contributed by atoms with Crippen LogP contribution in [-0.2, 0) is 15.0 Å². The van der Waals surface area contributed by atoms with E-state index in [1.54, 1.807) is 6.07 Å². The fraction of sp³-hybridized carbons (Fsp3) is 0.706. The SMILES string of the molecule is CC(C)(C)OC(=O)NC1(c2cc(Cl)nc(N3CCOCC3)n2)CCC1. The first-order valence-corrected chi connectivity index (χ1v) is 9.04. The van der Waals surface area contributed by atoms with Crippen molar-refractivity contribution in [2.24, 2.45) is 0 Å². The summed E-state index contributed by atoms with van der Waals surface area (Å²) in [5.41, 5.74) is -0.334. The van der Waals surface area contributed by atoms with Gasteiger partial charge in [-0.05, 0) is 46.1 Å². The standard InChI is InChI=1S/C17H25ClN4O3/c1-16(2,3)25-15(23)21-17(5-4-6-17)12-11-13(18)20-14(19-12)22-7-9-24-10-8-22/h11H,4-10H2,1-3H3,(H,21,23). The van der Waals surface area contributed by atoms with Gasteiger partial charge in [0.15, 0.2) is 0 Å². The molecule has 2 heterocycles. The minimum absolute atomic E-state index is 0.378. The number of hydrogen-bond donors (Lipinski definition) is 1. The third-order valence-corrected chi connectivity index (χ3v) is 4.61. The first-order chi connectivity index (χ1) is 11.8. The fourth-order valence-corrected chi connectivity index (χ4v) is 3.21. The smallest absolute Gasteiger partial charge is 0.408 e. The van der Waals surface area contributed by atoms with Gasteiger partial charge in [-0.15, -0.1) is 0 Å². The maximum absolute atomic E-state index is 12.3. The van der Waals surface area contributed by atoms with E-state index in [9.17, 15) is 4.79 Å². The molecule has 1 amide bonds. The van der Waals surface area contributed by atoms with Crippen molar-refractivity contribution >= 4 is 23.6 Å². The van der Waals surface area contributed by atoms with Gasteiger partial charge in [-0.1, -0.05) is 11.6 Å². The summed E-state index contributed by atoms with van der Waals surface area (Å²) in [6, 6.07) is 1.74. The lowest BCUT2D eigenvalue weighted by molar-refractivity contribution is 0.0371. The number of morpholine rings is 1. The number of nitrogens with zero attached hydrogens (tertiary/aromatic N) is 3. The van der Waals surface area contributed by atoms with E-state index < -0.39 is 17.2 Å². The van der Waals surface area contributed by atoms with Crippen molar-refractivity contribution in [3.8, 4) is 0 Å². The maximum atomic E-state index is 12.3. The summed E-state index contributed by atoms with van der Waals surface area (Å²) in [6.45, 7) is 8.28. The number of nitrogens with one attached hydrogen (secondary N) is 1. The largest absolute Gasteiger partial charge is 0.444 e. The van der Waals surface area contributed by atoms with E-state index in [0.717, 1.165) is 38.0 Å². The topological polar surface area (TPSA) is 76.6 Å². The zero-order valence-corrected chi connectivity index (χ0v) is 15.7. The van der Waals surface area contributed by atoms with Crippen molar-refractivity contribution in [3.05, 3.63) is 16.9 Å². The van der Waals surface area contributed by atoms with Crippen molar-refractivity contribution in [3.63, 3.8) is 0 Å². The lowest BCUT2D eigenvalue weighted by Gasteiger charge is -2.42. The van der Waals surface area contributed by atoms with E-state index in [1.165, 1.54) is 0 Å². The molecule has 25 heavy (non-hydrogen) atoms. The Morgan fingerprint density at radius 1 is 1.32 bits per heavy atom. The summed E-state index contributed by atoms with van der Waals surface area (Å²) in [4.78, 5) is 23.4. The van der Waals surface area contributed by atoms with Gasteiger partial charge in [-0.25, -0.2) is 14.8 Å². The molecule has 1 saturated carbocycles. The van der Waals surface area contributed by atoms with Crippen LogP contribution < -0.4 is 10.2 Å². The van der Waals surface area contributed by atoms with Gasteiger partial charge in [0, 0.05) is 13.1 Å². The van der Waals surface area contributed by atoms with Crippen LogP contribution in [0, 0.1) is 0 Å². The van der Waals surface area contributed by atoms with Crippen molar-refractivity contribution < 1.29 is 14.3 Å². The van der Waals surface area contributed by atoms with Gasteiger partial charge in [0.1, 0.15) is 10.8 Å². The monoisotopic (exact) mass is 368 g/mol. The Morgan fingerprint density at radius 3 is 2.56 bits per heavy atom. The quantitative estimate of drug-likeness (QED) is 0.827. The van der Waals surface area contributed by atoms with E-state index in [1.807, 2.05) is 20.8 Å². The molecule has 1 aromatic rings. The molecule has 1 aromatic heterocycles. The Bertz CT molecular complexity index is 637. The van der Waals surface area contributed by atoms with Crippen LogP contribution in [0.1, 0.15) is 45.7 Å². The third-order valence-electron chi connectivity index (χ3n) is 4.41. The molecular weight excluding hydrogens is 344 g/mol. The number of alkyl carbamates (subject to hydrolysis) is 1. The minimum atomic E-state index is -0.544. The van der Waals surface area contributed by atoms with Crippen LogP contribution in [0.5, 0.6) is 0 Å². The van der Waals surface area contributed by atoms with Gasteiger partial charge >= 0.3 is 6.09 Å². The first kappa shape index (κ1) is 18.2. The third kappa shape index (κ3) is 4.33. The molecule has 1 N–H and O–H groups in total. The van der Waals surface area contributed by atoms with Crippen LogP contribution in [0.15, 0.2) is 6.07 Å². The second kappa shape index (κ2) is 6.96. The maximum Gasteiger partial charge on any atom is 0.408 e. The van der Waals surface area contributed by atoms with Gasteiger partial charge in [0.05, 0.1) is 24.4 Å². The molecule has 0 spiro atoms. The highest BCUT2D eigenvalue weighted by atomic mass is 35.5. The molecule has 7 nitrogen and oxygen atoms in total. The molecule has 138 valence electrons. The summed E-state index contributed by atoms with van der Waals surface area (Å²) in [5.74, 6) is 0.586. The van der Waals surface area contributed by atoms with Crippen LogP contribution in [0.25, 0.3) is 0 Å². The van der Waals surface area contributed by atoms with Crippen LogP contribution in [0.3, 0.4) is 0 Å². The summed E-state index contributed by atoms with van der Waals surface area (Å²) in [7, 11) is 0. The average Bonchev–Trinajstić information content (AvgIpc) is 2.49. The number of amides is 1. The zero-order chi connectivity index (χ0) is 18.1. The minimum Gasteiger partial charge on any atom is -0.444 e. The summed E-state index contributed by atoms with van der Waals surface area (Å²) in [5, 5.41) is 3.39. The number of halogens is 1. The first-order valence-electron chi connectivity index (χ1n) is 8.66. The summed E-state index contributed by atoms with van der Waals surface area (Å²) in [6.07, 6.45) is 2.20. The molecule has 0 radical (unpaired) electrons. The van der Waals surface area contributed by atoms with Gasteiger partial charge < -0.3 is 19.7 Å². The highest BCUT2D eigenvalue weighted by Gasteiger charge is 2.43. The Morgan fingerprint density at radius 2 is 2.00 bits per heavy atom. The number of rotatable bonds is 3. The molecule has 1 saturated heterocycles. The molecular formula is C17H25ClN4O3. The molecule has 0 bridgehead atoms. The van der Waals surface area contributed by atoms with Crippen LogP contribution in [-0.4, -0.2) is 48.0 Å². The van der Waals surface area contributed by atoms with Crippen LogP contribution in [0.4, 0.5) is 10.7 Å². The van der Waals surface area contributed by atoms with Crippen molar-refractivity contribution in [2.45, 2.75) is 51.2 Å². The molecule has 8 heteroatoms. The van der Waals surface area contributed by atoms with Crippen LogP contribution in [0.2, 0.25) is 5.15 Å². The molecule has 0 atom stereocenters. The van der Waals surface area contributed by atoms with E-state index in [0.29, 0.717) is 24.3 Å². The highest BCUT2D eigenvalue weighted by molar-refractivity contribution is 6.29. The number of anilines is 1. The van der Waals surface area contributed by atoms with E-state index in [-0.39, 0.29) is 0 Å². The molecule has 0 unspecified atom stereocenters. The van der Waals surface area contributed by atoms with Gasteiger partial charge in [-0.2, -0.15) is 0 Å². The Kier molecular flexibility index (Phi) is 5.06. The number of carbonyl (C=O) groups is 1. The summed E-state index contributed by atoms with van der Waals surface area (Å²) < 4.78 is 10.8. The molecule has 3 rings (SSSR count). The molecule has 1 aliphatic carbocycles. The zero-order valence-electron chi connectivity index (χ0n) is 15.0. The number of aromatic nitrogens is 2. The van der Waals surface area contributed by atoms with Gasteiger partial charge in [-0.3, -0.25) is 0 Å². The summed E-state index contributed by atoms with van der Waals surface area (Å²) >= 11 is 6.25. The Hall–Kier alpha value is -1.60. The second-order valence-electron chi connectivity index (χ2n) is 7.54. The van der Waals surface area contributed by atoms with Gasteiger partial charge in [0.2, 0.25) is 5.95 Å². The van der Waals surface area contributed by atoms with Crippen molar-refractivity contribution in [1.29, 1.82) is 0 Å². The van der Waals surface area contributed by atoms with E-state index >= 15 is 0 Å². The highest BCUT2D eigenvalue weighted by Crippen LogP contribution is 2.41. The molecule has 2 fully saturated rings. The Labute approximate surface area is 153 Å². The fourth-order valence-electron chi connectivity index (χ4n) is 3.03. The number of hydrogen-bond acceptors (Lipinski definition) is 6. The molecule has 0 aromatic carbocycles. The average molecular weight is 369 g/mol. The molecule has 2 aliphatic rings. The second-order valence-corrected chi connectivity index (χ2v) is 7.93. The van der Waals surface area contributed by atoms with Crippen molar-refractivity contribution in [2.75, 3.05) is 31.2 Å². The molecule has 1 aliphatic heterocycles. The van der Waals surface area contributed by atoms with E-state index in [2.05, 4.69) is 15.2 Å². The predicted octanol–water partition coefficient (Wildman–Crippen LogP) is 2.87. The Balaban J connectivity index is 1.82. The predicted molar refractivity (Wildman–Crippen MR) is 95.0 cm³/mol. The normalized spacial score (nSPS) is 19.9. The van der Waals surface area contributed by atoms with Gasteiger partial charge in [0.25, 0.3) is 0 Å². The lowest BCUT2D eigenvalue weighted by atomic mass is 9.74. The van der Waals surface area contributed by atoms with E-state index in [4.69, 9.17) is 26.1 Å². The van der Waals surface area contributed by atoms with Crippen LogP contribution >= 0.6 is 11.6 Å². The number of carbonyl (C=O) groups excluding carboxylic acids is 1. The van der Waals surface area contributed by atoms with Crippen molar-refractivity contribution in [1.82, 2.24) is 15.3 Å². The number of ether oxygens (including phenoxy) is 2. The lowest BCUT2D eigenvalue weighted by Crippen LogP contribution is -2.52.